The minimum atomic E-state index is -1.08. The summed E-state index contributed by atoms with van der Waals surface area (Å²) in [5.74, 6) is -1.47. The van der Waals surface area contributed by atoms with E-state index < -0.39 is 17.9 Å². The van der Waals surface area contributed by atoms with Gasteiger partial charge in [0.05, 0.1) is 6.54 Å². The quantitative estimate of drug-likeness (QED) is 0.696. The molecule has 3 rings (SSSR count). The summed E-state index contributed by atoms with van der Waals surface area (Å²) in [6.45, 7) is 3.99. The Morgan fingerprint density at radius 2 is 2.04 bits per heavy atom. The average Bonchev–Trinajstić information content (AvgIpc) is 3.25. The van der Waals surface area contributed by atoms with Crippen molar-refractivity contribution in [1.29, 1.82) is 0 Å². The highest BCUT2D eigenvalue weighted by Crippen LogP contribution is 2.12. The van der Waals surface area contributed by atoms with Crippen LogP contribution in [0.4, 0.5) is 5.95 Å². The van der Waals surface area contributed by atoms with E-state index in [9.17, 15) is 9.59 Å². The van der Waals surface area contributed by atoms with Crippen molar-refractivity contribution in [2.75, 3.05) is 5.32 Å². The van der Waals surface area contributed by atoms with E-state index >= 15 is 0 Å². The van der Waals surface area contributed by atoms with E-state index in [2.05, 4.69) is 20.5 Å². The molecule has 1 atom stereocenters. The van der Waals surface area contributed by atoms with Crippen molar-refractivity contribution >= 4 is 17.8 Å². The van der Waals surface area contributed by atoms with Gasteiger partial charge in [-0.2, -0.15) is 5.10 Å². The molecule has 0 saturated carbocycles. The monoisotopic (exact) mass is 354 g/mol. The third-order valence-electron chi connectivity index (χ3n) is 3.98. The molecule has 134 valence electrons. The summed E-state index contributed by atoms with van der Waals surface area (Å²) < 4.78 is 2.76. The summed E-state index contributed by atoms with van der Waals surface area (Å²) in [4.78, 5) is 27.6. The molecule has 0 spiro atoms. The first-order chi connectivity index (χ1) is 12.5. The van der Waals surface area contributed by atoms with Crippen LogP contribution < -0.4 is 5.32 Å². The molecule has 0 aliphatic rings. The summed E-state index contributed by atoms with van der Waals surface area (Å²) in [7, 11) is 0. The van der Waals surface area contributed by atoms with Crippen LogP contribution in [0.25, 0.3) is 0 Å². The van der Waals surface area contributed by atoms with Crippen LogP contribution in [-0.2, 0) is 11.3 Å². The number of carboxylic acids is 1. The number of aliphatic carboxylic acids is 1. The molecule has 1 unspecified atom stereocenters. The Morgan fingerprint density at radius 3 is 2.77 bits per heavy atom. The highest BCUT2D eigenvalue weighted by atomic mass is 16.4. The second kappa shape index (κ2) is 7.18. The van der Waals surface area contributed by atoms with E-state index in [4.69, 9.17) is 5.11 Å². The van der Waals surface area contributed by atoms with Gasteiger partial charge in [-0.15, -0.1) is 5.10 Å². The summed E-state index contributed by atoms with van der Waals surface area (Å²) >= 11 is 0. The predicted molar refractivity (Wildman–Crippen MR) is 92.8 cm³/mol. The first kappa shape index (κ1) is 17.3. The van der Waals surface area contributed by atoms with Crippen LogP contribution in [0.2, 0.25) is 0 Å². The number of hydrogen-bond donors (Lipinski definition) is 2. The molecule has 9 nitrogen and oxygen atoms in total. The highest BCUT2D eigenvalue weighted by Gasteiger charge is 2.21. The van der Waals surface area contributed by atoms with Crippen LogP contribution in [0, 0.1) is 6.92 Å². The standard InChI is InChI=1S/C17H18N6O3/c1-11-5-3-4-6-13(11)9-22-10-18-17(21-22)20-15(24)14-7-8-19-23(14)12(2)16(25)26/h3-8,10,12H,9H2,1-2H3,(H,25,26)(H,20,21,24). The molecule has 3 aromatic rings. The number of carbonyl (C=O) groups is 2. The molecule has 0 aliphatic heterocycles. The van der Waals surface area contributed by atoms with Crippen molar-refractivity contribution in [1.82, 2.24) is 24.5 Å². The van der Waals surface area contributed by atoms with Crippen LogP contribution in [0.3, 0.4) is 0 Å². The van der Waals surface area contributed by atoms with Crippen molar-refractivity contribution in [3.8, 4) is 0 Å². The predicted octanol–water partition coefficient (Wildman–Crippen LogP) is 1.73. The molecular weight excluding hydrogens is 336 g/mol. The van der Waals surface area contributed by atoms with Gasteiger partial charge in [-0.25, -0.2) is 19.1 Å². The molecule has 0 fully saturated rings. The molecule has 2 N–H and O–H groups in total. The molecule has 26 heavy (non-hydrogen) atoms. The van der Waals surface area contributed by atoms with Gasteiger partial charge in [0.2, 0.25) is 5.95 Å². The third kappa shape index (κ3) is 3.61. The van der Waals surface area contributed by atoms with Crippen molar-refractivity contribution in [3.05, 3.63) is 59.7 Å². The zero-order chi connectivity index (χ0) is 18.7. The fraction of sp³-hybridized carbons (Fsp3) is 0.235. The number of carboxylic acid groups (broad SMARTS) is 1. The second-order valence-electron chi connectivity index (χ2n) is 5.82. The first-order valence-electron chi connectivity index (χ1n) is 7.97. The van der Waals surface area contributed by atoms with Gasteiger partial charge in [-0.1, -0.05) is 24.3 Å². The Morgan fingerprint density at radius 1 is 1.27 bits per heavy atom. The molecule has 1 aromatic carbocycles. The Balaban J connectivity index is 1.72. The number of benzene rings is 1. The molecule has 0 radical (unpaired) electrons. The van der Waals surface area contributed by atoms with Gasteiger partial charge in [0.25, 0.3) is 5.91 Å². The normalized spacial score (nSPS) is 11.9. The molecule has 1 amide bonds. The van der Waals surface area contributed by atoms with E-state index in [0.717, 1.165) is 15.8 Å². The number of nitrogens with one attached hydrogen (secondary N) is 1. The average molecular weight is 354 g/mol. The fourth-order valence-electron chi connectivity index (χ4n) is 2.46. The second-order valence-corrected chi connectivity index (χ2v) is 5.82. The van der Waals surface area contributed by atoms with E-state index in [-0.39, 0.29) is 11.6 Å². The maximum absolute atomic E-state index is 12.4. The van der Waals surface area contributed by atoms with Crippen LogP contribution in [0.5, 0.6) is 0 Å². The minimum Gasteiger partial charge on any atom is -0.480 e. The topological polar surface area (TPSA) is 115 Å². The summed E-state index contributed by atoms with van der Waals surface area (Å²) in [5, 5.41) is 19.8. The lowest BCUT2D eigenvalue weighted by atomic mass is 10.1. The largest absolute Gasteiger partial charge is 0.480 e. The van der Waals surface area contributed by atoms with Crippen molar-refractivity contribution in [2.45, 2.75) is 26.4 Å². The molecule has 0 saturated heterocycles. The van der Waals surface area contributed by atoms with Gasteiger partial charge in [-0.05, 0) is 31.0 Å². The first-order valence-corrected chi connectivity index (χ1v) is 7.97. The SMILES string of the molecule is Cc1ccccc1Cn1cnc(NC(=O)c2ccnn2C(C)C(=O)O)n1. The van der Waals surface area contributed by atoms with Crippen molar-refractivity contribution < 1.29 is 14.7 Å². The fourth-order valence-corrected chi connectivity index (χ4v) is 2.46. The van der Waals surface area contributed by atoms with Gasteiger partial charge in [0.15, 0.2) is 0 Å². The maximum Gasteiger partial charge on any atom is 0.328 e. The summed E-state index contributed by atoms with van der Waals surface area (Å²) in [6.07, 6.45) is 2.90. The van der Waals surface area contributed by atoms with Crippen molar-refractivity contribution in [2.24, 2.45) is 0 Å². The van der Waals surface area contributed by atoms with E-state index in [1.807, 2.05) is 31.2 Å². The van der Waals surface area contributed by atoms with E-state index in [1.54, 1.807) is 4.68 Å². The Labute approximate surface area is 149 Å². The molecular formula is C17H18N6O3. The molecule has 9 heteroatoms. The molecule has 2 aromatic heterocycles. The number of aryl methyl sites for hydroxylation is 1. The number of anilines is 1. The maximum atomic E-state index is 12.4. The summed E-state index contributed by atoms with van der Waals surface area (Å²) in [6, 6.07) is 8.41. The van der Waals surface area contributed by atoms with Gasteiger partial charge in [0.1, 0.15) is 18.1 Å². The molecule has 2 heterocycles. The van der Waals surface area contributed by atoms with E-state index in [0.29, 0.717) is 6.54 Å². The smallest absolute Gasteiger partial charge is 0.328 e. The Hall–Kier alpha value is -3.49. The van der Waals surface area contributed by atoms with Crippen LogP contribution in [-0.4, -0.2) is 41.5 Å². The Kier molecular flexibility index (Phi) is 4.78. The van der Waals surface area contributed by atoms with Crippen molar-refractivity contribution in [3.63, 3.8) is 0 Å². The number of carbonyl (C=O) groups excluding carboxylic acids is 1. The molecule has 0 aliphatic carbocycles. The Bertz CT molecular complexity index is 945. The van der Waals surface area contributed by atoms with Crippen LogP contribution in [0.1, 0.15) is 34.6 Å². The zero-order valence-electron chi connectivity index (χ0n) is 14.3. The van der Waals surface area contributed by atoms with Crippen LogP contribution >= 0.6 is 0 Å². The number of amides is 1. The number of hydrogen-bond acceptors (Lipinski definition) is 5. The van der Waals surface area contributed by atoms with Gasteiger partial charge in [0, 0.05) is 6.20 Å². The summed E-state index contributed by atoms with van der Waals surface area (Å²) in [5.41, 5.74) is 2.36. The highest BCUT2D eigenvalue weighted by molar-refractivity contribution is 6.02. The van der Waals surface area contributed by atoms with E-state index in [1.165, 1.54) is 25.5 Å². The lowest BCUT2D eigenvalue weighted by Crippen LogP contribution is -2.24. The van der Waals surface area contributed by atoms with Gasteiger partial charge < -0.3 is 5.11 Å². The van der Waals surface area contributed by atoms with Crippen LogP contribution in [0.15, 0.2) is 42.9 Å². The third-order valence-corrected chi connectivity index (χ3v) is 3.98. The minimum absolute atomic E-state index is 0.121. The zero-order valence-corrected chi connectivity index (χ0v) is 14.3. The van der Waals surface area contributed by atoms with Gasteiger partial charge >= 0.3 is 5.97 Å². The number of rotatable bonds is 6. The number of aromatic nitrogens is 5. The lowest BCUT2D eigenvalue weighted by molar-refractivity contribution is -0.140. The van der Waals surface area contributed by atoms with Gasteiger partial charge in [-0.3, -0.25) is 10.1 Å². The molecule has 0 bridgehead atoms. The number of nitrogens with zero attached hydrogens (tertiary/aromatic N) is 5. The lowest BCUT2D eigenvalue weighted by Gasteiger charge is -2.10.